The number of carboxylic acid groups (broad SMARTS) is 1. The first-order chi connectivity index (χ1) is 11.2. The largest absolute Gasteiger partial charge is 0.480 e. The van der Waals surface area contributed by atoms with E-state index in [1.54, 1.807) is 0 Å². The Hall–Kier alpha value is -2.95. The van der Waals surface area contributed by atoms with Gasteiger partial charge in [-0.05, 0) is 6.92 Å². The molecule has 3 amide bonds. The fourth-order valence-electron chi connectivity index (χ4n) is 1.79. The second-order valence-corrected chi connectivity index (χ2v) is 5.19. The highest BCUT2D eigenvalue weighted by molar-refractivity contribution is 5.93. The minimum absolute atomic E-state index is 0.0349. The maximum absolute atomic E-state index is 12.2. The first kappa shape index (κ1) is 19.1. The number of aromatic nitrogens is 2. The molecule has 0 unspecified atom stereocenters. The third kappa shape index (κ3) is 6.04. The number of carbonyl (C=O) groups excluding carboxylic acids is 3. The number of H-pyrrole nitrogens is 1. The molecular formula is C13H20N6O5. The van der Waals surface area contributed by atoms with Crippen LogP contribution in [-0.2, 0) is 25.6 Å². The molecule has 0 saturated heterocycles. The molecular weight excluding hydrogens is 320 g/mol. The summed E-state index contributed by atoms with van der Waals surface area (Å²) in [5.41, 5.74) is 11.0. The average molecular weight is 340 g/mol. The van der Waals surface area contributed by atoms with Gasteiger partial charge < -0.3 is 32.2 Å². The summed E-state index contributed by atoms with van der Waals surface area (Å²) in [6.45, 7) is 1.29. The number of primary amides is 1. The summed E-state index contributed by atoms with van der Waals surface area (Å²) in [6.07, 6.45) is 2.50. The van der Waals surface area contributed by atoms with Crippen LogP contribution < -0.4 is 22.1 Å². The molecule has 0 radical (unpaired) electrons. The molecule has 0 aromatic carbocycles. The molecule has 0 bridgehead atoms. The maximum atomic E-state index is 12.2. The van der Waals surface area contributed by atoms with Gasteiger partial charge in [-0.2, -0.15) is 0 Å². The number of imidazole rings is 1. The standard InChI is InChI=1S/C13H20N6O5/c1-6(13(23)24)18-12(22)9(2-7-4-16-5-17-7)19-11(21)8(14)3-10(15)20/h4-6,8-9H,2-3,14H2,1H3,(H2,15,20)(H,16,17)(H,18,22)(H,19,21)(H,23,24)/t6-,8-,9-/m0/s1. The molecule has 0 aliphatic rings. The Labute approximate surface area is 137 Å². The van der Waals surface area contributed by atoms with Crippen molar-refractivity contribution < 1.29 is 24.3 Å². The van der Waals surface area contributed by atoms with Crippen molar-refractivity contribution in [1.29, 1.82) is 0 Å². The van der Waals surface area contributed by atoms with E-state index in [9.17, 15) is 19.2 Å². The number of carbonyl (C=O) groups is 4. The fourth-order valence-corrected chi connectivity index (χ4v) is 1.79. The Bertz CT molecular complexity index is 602. The number of carboxylic acids is 1. The van der Waals surface area contributed by atoms with Crippen LogP contribution in [0.1, 0.15) is 19.0 Å². The summed E-state index contributed by atoms with van der Waals surface area (Å²) in [7, 11) is 0. The smallest absolute Gasteiger partial charge is 0.325 e. The van der Waals surface area contributed by atoms with Crippen molar-refractivity contribution in [1.82, 2.24) is 20.6 Å². The molecule has 3 atom stereocenters. The predicted octanol–water partition coefficient (Wildman–Crippen LogP) is -2.77. The molecule has 0 fully saturated rings. The van der Waals surface area contributed by atoms with Gasteiger partial charge in [-0.1, -0.05) is 0 Å². The zero-order valence-electron chi connectivity index (χ0n) is 13.0. The third-order valence-corrected chi connectivity index (χ3v) is 3.10. The van der Waals surface area contributed by atoms with Gasteiger partial charge in [0.1, 0.15) is 12.1 Å². The molecule has 1 rings (SSSR count). The van der Waals surface area contributed by atoms with Crippen molar-refractivity contribution in [2.75, 3.05) is 0 Å². The lowest BCUT2D eigenvalue weighted by Gasteiger charge is -2.21. The number of aliphatic carboxylic acids is 1. The minimum atomic E-state index is -1.22. The summed E-state index contributed by atoms with van der Waals surface area (Å²) in [5, 5.41) is 13.5. The number of nitrogens with two attached hydrogens (primary N) is 2. The van der Waals surface area contributed by atoms with Crippen LogP contribution in [0.4, 0.5) is 0 Å². The van der Waals surface area contributed by atoms with Gasteiger partial charge >= 0.3 is 5.97 Å². The van der Waals surface area contributed by atoms with Crippen LogP contribution in [0, 0.1) is 0 Å². The summed E-state index contributed by atoms with van der Waals surface area (Å²) < 4.78 is 0. The van der Waals surface area contributed by atoms with Gasteiger partial charge in [0, 0.05) is 18.3 Å². The number of aromatic amines is 1. The Morgan fingerprint density at radius 2 is 1.96 bits per heavy atom. The molecule has 1 aromatic rings. The second kappa shape index (κ2) is 8.62. The molecule has 1 aromatic heterocycles. The van der Waals surface area contributed by atoms with E-state index in [0.717, 1.165) is 0 Å². The van der Waals surface area contributed by atoms with Gasteiger partial charge in [-0.15, -0.1) is 0 Å². The van der Waals surface area contributed by atoms with Gasteiger partial charge in [0.15, 0.2) is 0 Å². The van der Waals surface area contributed by atoms with Crippen molar-refractivity contribution in [2.24, 2.45) is 11.5 Å². The molecule has 0 aliphatic carbocycles. The monoisotopic (exact) mass is 340 g/mol. The molecule has 0 aliphatic heterocycles. The SMILES string of the molecule is C[C@H](NC(=O)[C@H](Cc1cnc[nH]1)NC(=O)[C@@H](N)CC(N)=O)C(=O)O. The first-order valence-electron chi connectivity index (χ1n) is 7.05. The number of nitrogens with one attached hydrogen (secondary N) is 3. The summed E-state index contributed by atoms with van der Waals surface area (Å²) >= 11 is 0. The van der Waals surface area contributed by atoms with Crippen LogP contribution in [-0.4, -0.2) is 56.9 Å². The molecule has 132 valence electrons. The van der Waals surface area contributed by atoms with Crippen LogP contribution in [0.25, 0.3) is 0 Å². The Balaban J connectivity index is 2.80. The number of hydrogen-bond acceptors (Lipinski definition) is 6. The lowest BCUT2D eigenvalue weighted by Crippen LogP contribution is -2.55. The molecule has 0 saturated carbocycles. The molecule has 0 spiro atoms. The van der Waals surface area contributed by atoms with Crippen molar-refractivity contribution in [3.63, 3.8) is 0 Å². The molecule has 11 nitrogen and oxygen atoms in total. The quantitative estimate of drug-likeness (QED) is 0.280. The predicted molar refractivity (Wildman–Crippen MR) is 81.2 cm³/mol. The average Bonchev–Trinajstić information content (AvgIpc) is 2.98. The molecule has 1 heterocycles. The molecule has 11 heteroatoms. The number of nitrogens with zero attached hydrogens (tertiary/aromatic N) is 1. The van der Waals surface area contributed by atoms with E-state index in [1.807, 2.05) is 0 Å². The van der Waals surface area contributed by atoms with Gasteiger partial charge in [-0.3, -0.25) is 19.2 Å². The highest BCUT2D eigenvalue weighted by Gasteiger charge is 2.27. The van der Waals surface area contributed by atoms with Crippen LogP contribution in [0.3, 0.4) is 0 Å². The van der Waals surface area contributed by atoms with Crippen LogP contribution in [0.2, 0.25) is 0 Å². The molecule has 8 N–H and O–H groups in total. The highest BCUT2D eigenvalue weighted by atomic mass is 16.4. The number of amides is 3. The lowest BCUT2D eigenvalue weighted by molar-refractivity contribution is -0.141. The van der Waals surface area contributed by atoms with Crippen molar-refractivity contribution in [2.45, 2.75) is 37.9 Å². The van der Waals surface area contributed by atoms with Crippen LogP contribution in [0.5, 0.6) is 0 Å². The maximum Gasteiger partial charge on any atom is 0.325 e. The zero-order chi connectivity index (χ0) is 18.3. The summed E-state index contributed by atoms with van der Waals surface area (Å²) in [5.74, 6) is -3.44. The van der Waals surface area contributed by atoms with Crippen molar-refractivity contribution in [3.8, 4) is 0 Å². The number of hydrogen-bond donors (Lipinski definition) is 6. The van der Waals surface area contributed by atoms with Crippen LogP contribution >= 0.6 is 0 Å². The fraction of sp³-hybridized carbons (Fsp3) is 0.462. The Kier molecular flexibility index (Phi) is 6.86. The Morgan fingerprint density at radius 1 is 1.29 bits per heavy atom. The summed E-state index contributed by atoms with van der Waals surface area (Å²) in [6, 6.07) is -3.45. The van der Waals surface area contributed by atoms with E-state index in [0.29, 0.717) is 5.69 Å². The van der Waals surface area contributed by atoms with Gasteiger partial charge in [-0.25, -0.2) is 4.98 Å². The van der Waals surface area contributed by atoms with E-state index in [4.69, 9.17) is 16.6 Å². The van der Waals surface area contributed by atoms with Gasteiger partial charge in [0.2, 0.25) is 17.7 Å². The lowest BCUT2D eigenvalue weighted by atomic mass is 10.1. The van der Waals surface area contributed by atoms with E-state index >= 15 is 0 Å². The van der Waals surface area contributed by atoms with E-state index < -0.39 is 41.8 Å². The zero-order valence-corrected chi connectivity index (χ0v) is 13.0. The van der Waals surface area contributed by atoms with Gasteiger partial charge in [0.05, 0.1) is 18.8 Å². The van der Waals surface area contributed by atoms with Crippen molar-refractivity contribution in [3.05, 3.63) is 18.2 Å². The topological polar surface area (TPSA) is 193 Å². The van der Waals surface area contributed by atoms with E-state index in [2.05, 4.69) is 20.6 Å². The highest BCUT2D eigenvalue weighted by Crippen LogP contribution is 2.01. The minimum Gasteiger partial charge on any atom is -0.480 e. The van der Waals surface area contributed by atoms with E-state index in [-0.39, 0.29) is 12.8 Å². The van der Waals surface area contributed by atoms with E-state index in [1.165, 1.54) is 19.4 Å². The van der Waals surface area contributed by atoms with Gasteiger partial charge in [0.25, 0.3) is 0 Å². The Morgan fingerprint density at radius 3 is 2.46 bits per heavy atom. The molecule has 24 heavy (non-hydrogen) atoms. The van der Waals surface area contributed by atoms with Crippen LogP contribution in [0.15, 0.2) is 12.5 Å². The van der Waals surface area contributed by atoms with Crippen molar-refractivity contribution >= 4 is 23.7 Å². The first-order valence-corrected chi connectivity index (χ1v) is 7.05. The third-order valence-electron chi connectivity index (χ3n) is 3.10. The number of rotatable bonds is 9. The summed E-state index contributed by atoms with van der Waals surface area (Å²) in [4.78, 5) is 52.4. The second-order valence-electron chi connectivity index (χ2n) is 5.19. The normalized spacial score (nSPS) is 14.2.